The molecule has 3 aromatic rings. The van der Waals surface area contributed by atoms with Crippen LogP contribution in [0.25, 0.3) is 16.9 Å². The van der Waals surface area contributed by atoms with Gasteiger partial charge in [0.05, 0.1) is 24.1 Å². The van der Waals surface area contributed by atoms with Gasteiger partial charge in [-0.05, 0) is 12.1 Å². The number of morpholine rings is 1. The summed E-state index contributed by atoms with van der Waals surface area (Å²) in [6.45, 7) is 3.75. The molecule has 0 radical (unpaired) electrons. The van der Waals surface area contributed by atoms with E-state index in [1.165, 1.54) is 0 Å². The average molecular weight is 287 g/mol. The molecule has 0 saturated carbocycles. The summed E-state index contributed by atoms with van der Waals surface area (Å²) in [5.74, 6) is 0.946. The van der Waals surface area contributed by atoms with Crippen LogP contribution >= 0.6 is 11.3 Å². The van der Waals surface area contributed by atoms with Crippen LogP contribution in [-0.4, -0.2) is 45.6 Å². The lowest BCUT2D eigenvalue weighted by Crippen LogP contribution is -2.38. The molecule has 0 aliphatic carbocycles. The van der Waals surface area contributed by atoms with Crippen molar-refractivity contribution in [1.29, 1.82) is 0 Å². The van der Waals surface area contributed by atoms with Crippen LogP contribution in [0.15, 0.2) is 36.0 Å². The Labute approximate surface area is 120 Å². The molecule has 0 unspecified atom stereocenters. The largest absolute Gasteiger partial charge is 0.431 e. The molecule has 0 atom stereocenters. The fraction of sp³-hybridized carbons (Fsp3) is 0.286. The predicted molar refractivity (Wildman–Crippen MR) is 80.9 cm³/mol. The lowest BCUT2D eigenvalue weighted by Gasteiger charge is -2.23. The molecule has 3 heterocycles. The van der Waals surface area contributed by atoms with Crippen molar-refractivity contribution >= 4 is 27.5 Å². The van der Waals surface area contributed by atoms with Crippen LogP contribution in [0.2, 0.25) is 0 Å². The molecule has 102 valence electrons. The van der Waals surface area contributed by atoms with E-state index in [1.807, 2.05) is 29.1 Å². The highest BCUT2D eigenvalue weighted by Gasteiger charge is 2.18. The first-order chi connectivity index (χ1) is 9.92. The van der Waals surface area contributed by atoms with Crippen molar-refractivity contribution in [2.24, 2.45) is 0 Å². The number of nitrogens with zero attached hydrogens (tertiary/aromatic N) is 4. The Bertz CT molecular complexity index is 729. The lowest BCUT2D eigenvalue weighted by molar-refractivity contribution is -0.0437. The Kier molecular flexibility index (Phi) is 2.90. The molecule has 0 bridgehead atoms. The zero-order valence-corrected chi connectivity index (χ0v) is 11.8. The van der Waals surface area contributed by atoms with Gasteiger partial charge in [-0.15, -0.1) is 11.3 Å². The summed E-state index contributed by atoms with van der Waals surface area (Å²) in [6.07, 6.45) is 1.84. The Morgan fingerprint density at radius 3 is 2.90 bits per heavy atom. The zero-order valence-electron chi connectivity index (χ0n) is 10.9. The highest BCUT2D eigenvalue weighted by molar-refractivity contribution is 7.14. The number of aliphatic hydroxyl groups is 2. The summed E-state index contributed by atoms with van der Waals surface area (Å²) < 4.78 is 6.42. The molecule has 5 nitrogen and oxygen atoms in total. The summed E-state index contributed by atoms with van der Waals surface area (Å²) in [4.78, 5) is 11.5. The second-order valence-corrected chi connectivity index (χ2v) is 5.59. The van der Waals surface area contributed by atoms with E-state index in [2.05, 4.69) is 26.1 Å². The van der Waals surface area contributed by atoms with E-state index in [0.717, 1.165) is 48.3 Å². The third kappa shape index (κ3) is 1.97. The zero-order chi connectivity index (χ0) is 13.4. The average Bonchev–Trinajstić information content (AvgIpc) is 3.14. The molecule has 1 aliphatic heterocycles. The number of rotatable bonds is 2. The second kappa shape index (κ2) is 4.88. The van der Waals surface area contributed by atoms with Gasteiger partial charge >= 0.3 is 0 Å². The minimum Gasteiger partial charge on any atom is -0.431 e. The first kappa shape index (κ1) is 11.9. The fourth-order valence-electron chi connectivity index (χ4n) is 2.45. The van der Waals surface area contributed by atoms with Gasteiger partial charge in [0.25, 0.3) is 0 Å². The van der Waals surface area contributed by atoms with Gasteiger partial charge in [-0.3, -0.25) is 4.57 Å². The van der Waals surface area contributed by atoms with Crippen molar-refractivity contribution in [2.75, 3.05) is 31.2 Å². The molecular formula is C14H15N4OS+. The molecule has 1 aliphatic rings. The minimum absolute atomic E-state index is 0.906. The Morgan fingerprint density at radius 1 is 1.15 bits per heavy atom. The number of imidazole rings is 1. The number of thiazole rings is 1. The van der Waals surface area contributed by atoms with E-state index in [1.54, 1.807) is 11.3 Å². The number of benzene rings is 1. The maximum Gasteiger partial charge on any atom is 0.187 e. The predicted octanol–water partition coefficient (Wildman–Crippen LogP) is 1.83. The molecule has 1 N–H and O–H groups in total. The van der Waals surface area contributed by atoms with Gasteiger partial charge in [-0.25, -0.2) is 9.97 Å². The maximum absolute atomic E-state index is 4.75. The summed E-state index contributed by atoms with van der Waals surface area (Å²) in [5.41, 5.74) is 2.09. The van der Waals surface area contributed by atoms with Gasteiger partial charge in [-0.1, -0.05) is 12.1 Å². The number of ether oxygens (including phenoxy) is 1. The molecular weight excluding hydrogens is 272 g/mol. The van der Waals surface area contributed by atoms with Gasteiger partial charge in [0.15, 0.2) is 24.2 Å². The van der Waals surface area contributed by atoms with Crippen LogP contribution < -0.4 is 4.90 Å². The monoisotopic (exact) mass is 287 g/mol. The van der Waals surface area contributed by atoms with Gasteiger partial charge in [0, 0.05) is 5.38 Å². The second-order valence-electron chi connectivity index (χ2n) is 4.75. The quantitative estimate of drug-likeness (QED) is 0.676. The number of fused-ring (bicyclic) bond motifs is 1. The fourth-order valence-corrected chi connectivity index (χ4v) is 3.31. The third-order valence-corrected chi connectivity index (χ3v) is 4.40. The Morgan fingerprint density at radius 2 is 2.00 bits per heavy atom. The third-order valence-electron chi connectivity index (χ3n) is 3.51. The summed E-state index contributed by atoms with van der Waals surface area (Å²) in [7, 11) is 0. The molecule has 1 saturated heterocycles. The Hall–Kier alpha value is -1.92. The first-order valence-electron chi connectivity index (χ1n) is 6.68. The van der Waals surface area contributed by atoms with Crippen LogP contribution in [0.3, 0.4) is 0 Å². The standard InChI is InChI=1S/C14H14N4OS/c1-2-4-12-11(3-1)15-10-18(12)13-9-20-14(16-13)17-5-7-19-8-6-17/h1-4,9-10H,5-8H2/p+1. The van der Waals surface area contributed by atoms with Crippen LogP contribution in [0.5, 0.6) is 0 Å². The molecule has 0 spiro atoms. The van der Waals surface area contributed by atoms with Crippen molar-refractivity contribution in [3.63, 3.8) is 0 Å². The number of anilines is 1. The molecule has 6 heteroatoms. The number of hydrogen-bond acceptors (Lipinski definition) is 4. The highest BCUT2D eigenvalue weighted by atomic mass is 32.1. The van der Waals surface area contributed by atoms with E-state index in [9.17, 15) is 0 Å². The highest BCUT2D eigenvalue weighted by Crippen LogP contribution is 2.25. The lowest BCUT2D eigenvalue weighted by atomic mass is 10.3. The summed E-state index contributed by atoms with van der Waals surface area (Å²) in [5, 5.41) is 3.17. The van der Waals surface area contributed by atoms with E-state index < -0.39 is 0 Å². The number of hydrogen-bond donors (Lipinski definition) is 0. The van der Waals surface area contributed by atoms with Crippen molar-refractivity contribution in [3.05, 3.63) is 36.0 Å². The van der Waals surface area contributed by atoms with Crippen LogP contribution in [0, 0.1) is 0 Å². The SMILES string of the molecule is c1ccc2c(c1)ncn2-c1csc(N2CC[OH+]CC2)n1. The van der Waals surface area contributed by atoms with E-state index in [4.69, 9.17) is 4.98 Å². The maximum atomic E-state index is 4.75. The van der Waals surface area contributed by atoms with Crippen LogP contribution in [-0.2, 0) is 0 Å². The van der Waals surface area contributed by atoms with Crippen LogP contribution in [0.1, 0.15) is 0 Å². The van der Waals surface area contributed by atoms with Gasteiger partial charge in [0.1, 0.15) is 6.33 Å². The van der Waals surface area contributed by atoms with E-state index in [0.29, 0.717) is 0 Å². The first-order valence-corrected chi connectivity index (χ1v) is 7.56. The van der Waals surface area contributed by atoms with Crippen LogP contribution in [0.4, 0.5) is 5.13 Å². The number of aromatic nitrogens is 3. The van der Waals surface area contributed by atoms with Crippen molar-refractivity contribution in [3.8, 4) is 5.82 Å². The number of para-hydroxylation sites is 2. The molecule has 2 aromatic heterocycles. The smallest absolute Gasteiger partial charge is 0.187 e. The van der Waals surface area contributed by atoms with E-state index >= 15 is 0 Å². The van der Waals surface area contributed by atoms with Crippen molar-refractivity contribution in [1.82, 2.24) is 14.5 Å². The van der Waals surface area contributed by atoms with E-state index in [-0.39, 0.29) is 0 Å². The molecule has 4 rings (SSSR count). The van der Waals surface area contributed by atoms with Crippen molar-refractivity contribution in [2.45, 2.75) is 0 Å². The van der Waals surface area contributed by atoms with Gasteiger partial charge < -0.3 is 9.64 Å². The summed E-state index contributed by atoms with van der Waals surface area (Å²) >= 11 is 1.69. The normalized spacial score (nSPS) is 15.9. The van der Waals surface area contributed by atoms with Gasteiger partial charge in [0.2, 0.25) is 0 Å². The Balaban J connectivity index is 1.70. The summed E-state index contributed by atoms with van der Waals surface area (Å²) in [6, 6.07) is 8.12. The topological polar surface area (TPSA) is 46.8 Å². The van der Waals surface area contributed by atoms with Crippen molar-refractivity contribution < 1.29 is 4.74 Å². The molecule has 20 heavy (non-hydrogen) atoms. The molecule has 1 fully saturated rings. The molecule has 0 amide bonds. The minimum atomic E-state index is 0.906. The molecule has 1 aromatic carbocycles. The van der Waals surface area contributed by atoms with Gasteiger partial charge in [-0.2, -0.15) is 0 Å².